The predicted octanol–water partition coefficient (Wildman–Crippen LogP) is 1.91. The van der Waals surface area contributed by atoms with E-state index in [1.807, 2.05) is 31.2 Å². The first kappa shape index (κ1) is 15.7. The molecule has 0 atom stereocenters. The van der Waals surface area contributed by atoms with Gasteiger partial charge in [0.2, 0.25) is 0 Å². The standard InChI is InChI=1S/C17H18N2O3/c1-13-4-2-3-5-14(13)8-11-19-16(20)12-22-17(21)15-6-9-18-10-7-15/h2-7,9-10H,8,11-12H2,1H3,(H,19,20). The molecule has 0 spiro atoms. The Hall–Kier alpha value is -2.69. The Morgan fingerprint density at radius 1 is 1.14 bits per heavy atom. The van der Waals surface area contributed by atoms with Crippen LogP contribution >= 0.6 is 0 Å². The molecule has 0 unspecified atom stereocenters. The number of hydrogen-bond acceptors (Lipinski definition) is 4. The Morgan fingerprint density at radius 2 is 1.86 bits per heavy atom. The number of aromatic nitrogens is 1. The first-order chi connectivity index (χ1) is 10.7. The van der Waals surface area contributed by atoms with Crippen LogP contribution in [-0.4, -0.2) is 30.0 Å². The van der Waals surface area contributed by atoms with Crippen LogP contribution in [-0.2, 0) is 16.0 Å². The third kappa shape index (κ3) is 4.70. The highest BCUT2D eigenvalue weighted by Gasteiger charge is 2.09. The fraction of sp³-hybridized carbons (Fsp3) is 0.235. The van der Waals surface area contributed by atoms with Crippen molar-refractivity contribution in [3.8, 4) is 0 Å². The third-order valence-corrected chi connectivity index (χ3v) is 3.23. The average molecular weight is 298 g/mol. The number of nitrogens with zero attached hydrogens (tertiary/aromatic N) is 1. The van der Waals surface area contributed by atoms with Crippen LogP contribution in [0.4, 0.5) is 0 Å². The van der Waals surface area contributed by atoms with Gasteiger partial charge in [0.15, 0.2) is 6.61 Å². The summed E-state index contributed by atoms with van der Waals surface area (Å²) < 4.78 is 4.94. The van der Waals surface area contributed by atoms with Crippen molar-refractivity contribution >= 4 is 11.9 Å². The molecular formula is C17H18N2O3. The zero-order valence-electron chi connectivity index (χ0n) is 12.4. The molecule has 5 heteroatoms. The summed E-state index contributed by atoms with van der Waals surface area (Å²) in [6.45, 7) is 2.26. The molecule has 5 nitrogen and oxygen atoms in total. The molecule has 0 aliphatic rings. The summed E-state index contributed by atoms with van der Waals surface area (Å²) >= 11 is 0. The fourth-order valence-electron chi connectivity index (χ4n) is 1.98. The van der Waals surface area contributed by atoms with Gasteiger partial charge in [-0.05, 0) is 36.6 Å². The Balaban J connectivity index is 1.70. The molecule has 1 aromatic carbocycles. The van der Waals surface area contributed by atoms with E-state index in [1.54, 1.807) is 12.1 Å². The first-order valence-corrected chi connectivity index (χ1v) is 7.05. The van der Waals surface area contributed by atoms with Gasteiger partial charge in [0.05, 0.1) is 5.56 Å². The summed E-state index contributed by atoms with van der Waals surface area (Å²) in [4.78, 5) is 27.1. The van der Waals surface area contributed by atoms with Crippen LogP contribution in [0.3, 0.4) is 0 Å². The van der Waals surface area contributed by atoms with Crippen molar-refractivity contribution in [1.82, 2.24) is 10.3 Å². The third-order valence-electron chi connectivity index (χ3n) is 3.23. The molecule has 0 bridgehead atoms. The van der Waals surface area contributed by atoms with E-state index in [-0.39, 0.29) is 12.5 Å². The SMILES string of the molecule is Cc1ccccc1CCNC(=O)COC(=O)c1ccncc1. The van der Waals surface area contributed by atoms with Crippen molar-refractivity contribution in [2.75, 3.05) is 13.2 Å². The van der Waals surface area contributed by atoms with E-state index in [4.69, 9.17) is 4.74 Å². The van der Waals surface area contributed by atoms with E-state index in [0.29, 0.717) is 12.1 Å². The van der Waals surface area contributed by atoms with Crippen molar-refractivity contribution in [2.24, 2.45) is 0 Å². The topological polar surface area (TPSA) is 68.3 Å². The maximum Gasteiger partial charge on any atom is 0.338 e. The molecule has 114 valence electrons. The lowest BCUT2D eigenvalue weighted by molar-refractivity contribution is -0.124. The predicted molar refractivity (Wildman–Crippen MR) is 82.4 cm³/mol. The quantitative estimate of drug-likeness (QED) is 0.827. The Bertz CT molecular complexity index is 641. The van der Waals surface area contributed by atoms with Crippen molar-refractivity contribution in [3.63, 3.8) is 0 Å². The second-order valence-electron chi connectivity index (χ2n) is 4.84. The number of aryl methyl sites for hydroxylation is 1. The summed E-state index contributed by atoms with van der Waals surface area (Å²) in [5.74, 6) is -0.840. The minimum absolute atomic E-state index is 0.283. The van der Waals surface area contributed by atoms with E-state index in [9.17, 15) is 9.59 Å². The Morgan fingerprint density at radius 3 is 2.59 bits per heavy atom. The highest BCUT2D eigenvalue weighted by molar-refractivity contribution is 5.91. The number of nitrogens with one attached hydrogen (secondary N) is 1. The smallest absolute Gasteiger partial charge is 0.338 e. The van der Waals surface area contributed by atoms with Gasteiger partial charge < -0.3 is 10.1 Å². The van der Waals surface area contributed by atoms with Crippen LogP contribution < -0.4 is 5.32 Å². The van der Waals surface area contributed by atoms with E-state index in [2.05, 4.69) is 10.3 Å². The molecule has 0 aliphatic heterocycles. The highest BCUT2D eigenvalue weighted by atomic mass is 16.5. The number of ether oxygens (including phenoxy) is 1. The van der Waals surface area contributed by atoms with Gasteiger partial charge in [0, 0.05) is 18.9 Å². The van der Waals surface area contributed by atoms with Crippen LogP contribution in [0.2, 0.25) is 0 Å². The molecule has 0 saturated carbocycles. The summed E-state index contributed by atoms with van der Waals surface area (Å²) in [5, 5.41) is 2.74. The molecule has 1 amide bonds. The number of rotatable bonds is 6. The molecule has 0 aliphatic carbocycles. The van der Waals surface area contributed by atoms with Crippen LogP contribution in [0.5, 0.6) is 0 Å². The second kappa shape index (κ2) is 7.93. The molecule has 1 heterocycles. The summed E-state index contributed by atoms with van der Waals surface area (Å²) in [6.07, 6.45) is 3.74. The van der Waals surface area contributed by atoms with Crippen LogP contribution in [0.15, 0.2) is 48.8 Å². The van der Waals surface area contributed by atoms with Gasteiger partial charge in [-0.3, -0.25) is 9.78 Å². The van der Waals surface area contributed by atoms with Gasteiger partial charge in [-0.25, -0.2) is 4.79 Å². The summed E-state index contributed by atoms with van der Waals surface area (Å²) in [5.41, 5.74) is 2.76. The number of pyridine rings is 1. The molecule has 2 aromatic rings. The molecule has 1 N–H and O–H groups in total. The van der Waals surface area contributed by atoms with Gasteiger partial charge in [-0.15, -0.1) is 0 Å². The molecule has 22 heavy (non-hydrogen) atoms. The number of hydrogen-bond donors (Lipinski definition) is 1. The number of esters is 1. The van der Waals surface area contributed by atoms with E-state index in [0.717, 1.165) is 6.42 Å². The van der Waals surface area contributed by atoms with E-state index < -0.39 is 5.97 Å². The molecule has 1 aromatic heterocycles. The zero-order valence-corrected chi connectivity index (χ0v) is 12.4. The van der Waals surface area contributed by atoms with Gasteiger partial charge in [-0.2, -0.15) is 0 Å². The molecular weight excluding hydrogens is 280 g/mol. The van der Waals surface area contributed by atoms with Gasteiger partial charge >= 0.3 is 5.97 Å². The monoisotopic (exact) mass is 298 g/mol. The minimum Gasteiger partial charge on any atom is -0.452 e. The molecule has 0 saturated heterocycles. The minimum atomic E-state index is -0.531. The number of carbonyl (C=O) groups excluding carboxylic acids is 2. The molecule has 0 fully saturated rings. The highest BCUT2D eigenvalue weighted by Crippen LogP contribution is 2.06. The van der Waals surface area contributed by atoms with E-state index in [1.165, 1.54) is 23.5 Å². The van der Waals surface area contributed by atoms with Crippen LogP contribution in [0, 0.1) is 6.92 Å². The van der Waals surface area contributed by atoms with Gasteiger partial charge in [0.1, 0.15) is 0 Å². The number of carbonyl (C=O) groups is 2. The van der Waals surface area contributed by atoms with Crippen LogP contribution in [0.1, 0.15) is 21.5 Å². The average Bonchev–Trinajstić information content (AvgIpc) is 2.55. The summed E-state index contributed by atoms with van der Waals surface area (Å²) in [7, 11) is 0. The lowest BCUT2D eigenvalue weighted by atomic mass is 10.1. The van der Waals surface area contributed by atoms with Crippen LogP contribution in [0.25, 0.3) is 0 Å². The lowest BCUT2D eigenvalue weighted by Gasteiger charge is -2.08. The summed E-state index contributed by atoms with van der Waals surface area (Å²) in [6, 6.07) is 11.1. The van der Waals surface area contributed by atoms with Crippen molar-refractivity contribution < 1.29 is 14.3 Å². The lowest BCUT2D eigenvalue weighted by Crippen LogP contribution is -2.30. The van der Waals surface area contributed by atoms with Gasteiger partial charge in [-0.1, -0.05) is 24.3 Å². The normalized spacial score (nSPS) is 10.0. The maximum atomic E-state index is 11.7. The Labute approximate surface area is 129 Å². The number of benzene rings is 1. The molecule has 2 rings (SSSR count). The fourth-order valence-corrected chi connectivity index (χ4v) is 1.98. The van der Waals surface area contributed by atoms with Crippen molar-refractivity contribution in [3.05, 3.63) is 65.5 Å². The largest absolute Gasteiger partial charge is 0.452 e. The van der Waals surface area contributed by atoms with Crippen molar-refractivity contribution in [2.45, 2.75) is 13.3 Å². The second-order valence-corrected chi connectivity index (χ2v) is 4.84. The molecule has 0 radical (unpaired) electrons. The Kier molecular flexibility index (Phi) is 5.65. The maximum absolute atomic E-state index is 11.7. The van der Waals surface area contributed by atoms with E-state index >= 15 is 0 Å². The number of amides is 1. The van der Waals surface area contributed by atoms with Crippen molar-refractivity contribution in [1.29, 1.82) is 0 Å². The van der Waals surface area contributed by atoms with Gasteiger partial charge in [0.25, 0.3) is 5.91 Å². The first-order valence-electron chi connectivity index (χ1n) is 7.05. The zero-order chi connectivity index (χ0) is 15.8.